The Balaban J connectivity index is 2.12. The average Bonchev–Trinajstić information content (AvgIpc) is 3.14. The number of carbonyl (C=O) groups excluding carboxylic acids is 3. The number of thiazole rings is 1. The molecule has 0 aliphatic carbocycles. The van der Waals surface area contributed by atoms with Gasteiger partial charge in [-0.05, 0) is 18.2 Å². The van der Waals surface area contributed by atoms with Crippen molar-refractivity contribution in [3.05, 3.63) is 40.4 Å². The predicted molar refractivity (Wildman–Crippen MR) is 109 cm³/mol. The first-order chi connectivity index (χ1) is 13.2. The lowest BCUT2D eigenvalue weighted by Gasteiger charge is -2.14. The van der Waals surface area contributed by atoms with Gasteiger partial charge >= 0.3 is 11.9 Å². The number of amides is 1. The number of ether oxygens (including phenoxy) is 2. The molecule has 1 aromatic carbocycles. The number of esters is 2. The van der Waals surface area contributed by atoms with E-state index in [0.29, 0.717) is 0 Å². The number of hydrogen-bond donors (Lipinski definition) is 1. The number of nitrogens with one attached hydrogen (secondary N) is 1. The molecule has 0 atom stereocenters. The maximum atomic E-state index is 12.4. The first-order valence-corrected chi connectivity index (χ1v) is 10.2. The molecule has 1 aromatic heterocycles. The molecule has 0 unspecified atom stereocenters. The van der Waals surface area contributed by atoms with Crippen LogP contribution in [-0.4, -0.2) is 42.8 Å². The Morgan fingerprint density at radius 1 is 1.14 bits per heavy atom. The van der Waals surface area contributed by atoms with Crippen LogP contribution in [0.25, 0.3) is 0 Å². The van der Waals surface area contributed by atoms with E-state index in [-0.39, 0.29) is 33.9 Å². The van der Waals surface area contributed by atoms with Crippen molar-refractivity contribution in [2.45, 2.75) is 30.5 Å². The molecule has 0 fully saturated rings. The highest BCUT2D eigenvalue weighted by Crippen LogP contribution is 2.29. The number of aromatic nitrogens is 1. The highest BCUT2D eigenvalue weighted by Gasteiger charge is 2.19. The zero-order chi connectivity index (χ0) is 20.9. The highest BCUT2D eigenvalue weighted by atomic mass is 32.2. The van der Waals surface area contributed by atoms with Crippen molar-refractivity contribution in [3.63, 3.8) is 0 Å². The Labute approximate surface area is 171 Å². The minimum absolute atomic E-state index is 0.0543. The van der Waals surface area contributed by atoms with Crippen LogP contribution in [0.5, 0.6) is 0 Å². The van der Waals surface area contributed by atoms with Crippen molar-refractivity contribution < 1.29 is 23.9 Å². The number of anilines is 1. The Bertz CT molecular complexity index is 887. The van der Waals surface area contributed by atoms with E-state index in [1.807, 2.05) is 5.38 Å². The Morgan fingerprint density at radius 3 is 2.39 bits per heavy atom. The summed E-state index contributed by atoms with van der Waals surface area (Å²) in [4.78, 5) is 40.6. The van der Waals surface area contributed by atoms with Crippen LogP contribution in [0.3, 0.4) is 0 Å². The van der Waals surface area contributed by atoms with Crippen LogP contribution >= 0.6 is 23.1 Å². The molecule has 0 aliphatic heterocycles. The van der Waals surface area contributed by atoms with Gasteiger partial charge in [-0.15, -0.1) is 11.3 Å². The molecular weight excluding hydrogens is 400 g/mol. The number of carbonyl (C=O) groups is 3. The first kappa shape index (κ1) is 21.9. The van der Waals surface area contributed by atoms with E-state index in [9.17, 15) is 14.4 Å². The number of hydrogen-bond acceptors (Lipinski definition) is 8. The number of methoxy groups -OCH3 is 2. The molecule has 9 heteroatoms. The minimum Gasteiger partial charge on any atom is -0.465 e. The smallest absolute Gasteiger partial charge is 0.339 e. The lowest BCUT2D eigenvalue weighted by Crippen LogP contribution is -2.18. The van der Waals surface area contributed by atoms with Gasteiger partial charge in [0.05, 0.1) is 42.5 Å². The van der Waals surface area contributed by atoms with Gasteiger partial charge in [-0.1, -0.05) is 32.5 Å². The summed E-state index contributed by atoms with van der Waals surface area (Å²) in [5, 5.41) is 4.64. The topological polar surface area (TPSA) is 94.6 Å². The SMILES string of the molecule is COC(=O)c1ccc(C(=O)OC)c(NC(=O)CSc2nc(C(C)(C)C)cs2)c1. The third kappa shape index (κ3) is 5.56. The number of nitrogens with zero attached hydrogens (tertiary/aromatic N) is 1. The van der Waals surface area contributed by atoms with Crippen molar-refractivity contribution in [3.8, 4) is 0 Å². The predicted octanol–water partition coefficient (Wildman–Crippen LogP) is 3.74. The Hall–Kier alpha value is -2.39. The van der Waals surface area contributed by atoms with Crippen molar-refractivity contribution in [1.29, 1.82) is 0 Å². The second kappa shape index (κ2) is 9.20. The molecular formula is C19H22N2O5S2. The van der Waals surface area contributed by atoms with Crippen LogP contribution < -0.4 is 5.32 Å². The van der Waals surface area contributed by atoms with Gasteiger partial charge in [0.25, 0.3) is 0 Å². The lowest BCUT2D eigenvalue weighted by molar-refractivity contribution is -0.113. The molecule has 2 aromatic rings. The molecule has 1 amide bonds. The van der Waals surface area contributed by atoms with Crippen LogP contribution in [-0.2, 0) is 19.7 Å². The molecule has 28 heavy (non-hydrogen) atoms. The van der Waals surface area contributed by atoms with E-state index in [0.717, 1.165) is 10.0 Å². The Kier molecular flexibility index (Phi) is 7.20. The van der Waals surface area contributed by atoms with E-state index in [1.54, 1.807) is 0 Å². The molecule has 0 bridgehead atoms. The average molecular weight is 423 g/mol. The normalized spacial score (nSPS) is 11.0. The first-order valence-electron chi connectivity index (χ1n) is 8.35. The van der Waals surface area contributed by atoms with Crippen LogP contribution in [0.1, 0.15) is 47.2 Å². The minimum atomic E-state index is -0.617. The number of thioether (sulfide) groups is 1. The standard InChI is InChI=1S/C19H22N2O5S2/c1-19(2,3)14-9-27-18(21-14)28-10-15(22)20-13-8-11(16(23)25-4)6-7-12(13)17(24)26-5/h6-9H,10H2,1-5H3,(H,20,22). The van der Waals surface area contributed by atoms with Gasteiger partial charge in [-0.25, -0.2) is 14.6 Å². The second-order valence-electron chi connectivity index (χ2n) is 6.83. The zero-order valence-corrected chi connectivity index (χ0v) is 18.0. The number of benzene rings is 1. The van der Waals surface area contributed by atoms with Crippen molar-refractivity contribution in [1.82, 2.24) is 4.98 Å². The monoisotopic (exact) mass is 422 g/mol. The quantitative estimate of drug-likeness (QED) is 0.560. The van der Waals surface area contributed by atoms with Gasteiger partial charge in [0.15, 0.2) is 4.34 Å². The van der Waals surface area contributed by atoms with Gasteiger partial charge in [-0.3, -0.25) is 4.79 Å². The van der Waals surface area contributed by atoms with Crippen molar-refractivity contribution in [2.75, 3.05) is 25.3 Å². The lowest BCUT2D eigenvalue weighted by atomic mass is 9.93. The van der Waals surface area contributed by atoms with Crippen LogP contribution in [0.4, 0.5) is 5.69 Å². The maximum Gasteiger partial charge on any atom is 0.339 e. The molecule has 0 aliphatic rings. The molecule has 1 N–H and O–H groups in total. The van der Waals surface area contributed by atoms with Crippen LogP contribution in [0, 0.1) is 0 Å². The summed E-state index contributed by atoms with van der Waals surface area (Å²) >= 11 is 2.79. The highest BCUT2D eigenvalue weighted by molar-refractivity contribution is 8.01. The fraction of sp³-hybridized carbons (Fsp3) is 0.368. The summed E-state index contributed by atoms with van der Waals surface area (Å²) in [5.41, 5.74) is 1.47. The van der Waals surface area contributed by atoms with Gasteiger partial charge < -0.3 is 14.8 Å². The van der Waals surface area contributed by atoms with Gasteiger partial charge in [0, 0.05) is 10.8 Å². The largest absolute Gasteiger partial charge is 0.465 e. The van der Waals surface area contributed by atoms with Crippen molar-refractivity contribution >= 4 is 46.6 Å². The molecule has 7 nitrogen and oxygen atoms in total. The second-order valence-corrected chi connectivity index (χ2v) is 8.91. The van der Waals surface area contributed by atoms with Gasteiger partial charge in [0.1, 0.15) is 0 Å². The van der Waals surface area contributed by atoms with E-state index >= 15 is 0 Å². The summed E-state index contributed by atoms with van der Waals surface area (Å²) < 4.78 is 10.2. The molecule has 2 rings (SSSR count). The Morgan fingerprint density at radius 2 is 1.82 bits per heavy atom. The van der Waals surface area contributed by atoms with Crippen LogP contribution in [0.15, 0.2) is 27.9 Å². The maximum absolute atomic E-state index is 12.4. The number of rotatable bonds is 6. The molecule has 0 spiro atoms. The van der Waals surface area contributed by atoms with Gasteiger partial charge in [0.2, 0.25) is 5.91 Å². The van der Waals surface area contributed by atoms with E-state index in [1.165, 1.54) is 55.5 Å². The summed E-state index contributed by atoms with van der Waals surface area (Å²) in [6, 6.07) is 4.24. The van der Waals surface area contributed by atoms with Crippen molar-refractivity contribution in [2.24, 2.45) is 0 Å². The van der Waals surface area contributed by atoms with Crippen LogP contribution in [0.2, 0.25) is 0 Å². The summed E-state index contributed by atoms with van der Waals surface area (Å²) in [6.45, 7) is 6.23. The summed E-state index contributed by atoms with van der Waals surface area (Å²) in [6.07, 6.45) is 0. The summed E-state index contributed by atoms with van der Waals surface area (Å²) in [7, 11) is 2.50. The van der Waals surface area contributed by atoms with E-state index in [4.69, 9.17) is 4.74 Å². The third-order valence-electron chi connectivity index (χ3n) is 3.70. The van der Waals surface area contributed by atoms with E-state index in [2.05, 4.69) is 35.8 Å². The molecule has 1 heterocycles. The fourth-order valence-corrected chi connectivity index (χ4v) is 4.01. The fourth-order valence-electron chi connectivity index (χ4n) is 2.16. The van der Waals surface area contributed by atoms with E-state index < -0.39 is 11.9 Å². The molecule has 150 valence electrons. The molecule has 0 saturated heterocycles. The third-order valence-corrected chi connectivity index (χ3v) is 5.72. The summed E-state index contributed by atoms with van der Waals surface area (Å²) in [5.74, 6) is -1.40. The zero-order valence-electron chi connectivity index (χ0n) is 16.3. The molecule has 0 saturated carbocycles. The van der Waals surface area contributed by atoms with Gasteiger partial charge in [-0.2, -0.15) is 0 Å². The molecule has 0 radical (unpaired) electrons.